The predicted molar refractivity (Wildman–Crippen MR) is 56.5 cm³/mol. The normalized spacial score (nSPS) is 11.3. The minimum absolute atomic E-state index is 0.0551. The molecule has 0 saturated carbocycles. The number of hydrogen-bond acceptors (Lipinski definition) is 1. The third-order valence-corrected chi connectivity index (χ3v) is 1.60. The molecule has 13 heavy (non-hydrogen) atoms. The summed E-state index contributed by atoms with van der Waals surface area (Å²) in [5, 5.41) is 0. The minimum atomic E-state index is 0.0551. The number of nitrogens with zero attached hydrogens (tertiary/aromatic N) is 1. The molecular weight excluding hydrogens is 162 g/mol. The van der Waals surface area contributed by atoms with Gasteiger partial charge in [0.1, 0.15) is 0 Å². The van der Waals surface area contributed by atoms with Crippen LogP contribution >= 0.6 is 0 Å². The molecule has 0 unspecified atom stereocenters. The number of unbranched alkanes of at least 4 members (excludes halogenated alkanes) is 1. The van der Waals surface area contributed by atoms with Crippen molar-refractivity contribution in [3.05, 3.63) is 24.3 Å². The number of allylic oxidation sites excluding steroid dienone is 3. The number of carbonyl (C=O) groups excluding carboxylic acids is 1. The van der Waals surface area contributed by atoms with Gasteiger partial charge in [-0.25, -0.2) is 0 Å². The van der Waals surface area contributed by atoms with Crippen molar-refractivity contribution in [1.29, 1.82) is 0 Å². The van der Waals surface area contributed by atoms with Gasteiger partial charge in [0, 0.05) is 14.1 Å². The lowest BCUT2D eigenvalue weighted by Gasteiger charge is -2.04. The molecule has 2 heteroatoms. The molecule has 0 spiro atoms. The third-order valence-electron chi connectivity index (χ3n) is 1.60. The van der Waals surface area contributed by atoms with E-state index < -0.39 is 0 Å². The fraction of sp³-hybridized carbons (Fsp3) is 0.545. The second-order valence-corrected chi connectivity index (χ2v) is 3.09. The van der Waals surface area contributed by atoms with Gasteiger partial charge in [0.15, 0.2) is 0 Å². The third kappa shape index (κ3) is 7.32. The maximum atomic E-state index is 11.1. The first-order valence-corrected chi connectivity index (χ1v) is 4.71. The van der Waals surface area contributed by atoms with E-state index in [2.05, 4.69) is 19.1 Å². The lowest BCUT2D eigenvalue weighted by molar-refractivity contribution is -0.123. The largest absolute Gasteiger partial charge is 0.345 e. The van der Waals surface area contributed by atoms with Gasteiger partial charge in [0.05, 0.1) is 0 Å². The Bertz CT molecular complexity index is 192. The highest BCUT2D eigenvalue weighted by Crippen LogP contribution is 1.94. The van der Waals surface area contributed by atoms with Crippen LogP contribution in [0.5, 0.6) is 0 Å². The Morgan fingerprint density at radius 3 is 2.31 bits per heavy atom. The van der Waals surface area contributed by atoms with E-state index in [1.54, 1.807) is 25.1 Å². The first-order chi connectivity index (χ1) is 6.18. The molecule has 0 heterocycles. The summed E-state index contributed by atoms with van der Waals surface area (Å²) in [5.74, 6) is 0.0551. The molecule has 0 fully saturated rings. The summed E-state index contributed by atoms with van der Waals surface area (Å²) in [6.45, 7) is 2.11. The Hall–Kier alpha value is -1.05. The van der Waals surface area contributed by atoms with Gasteiger partial charge in [-0.05, 0) is 25.3 Å². The zero-order valence-electron chi connectivity index (χ0n) is 8.79. The molecule has 0 aromatic carbocycles. The van der Waals surface area contributed by atoms with E-state index in [1.165, 1.54) is 0 Å². The van der Waals surface area contributed by atoms with E-state index >= 15 is 0 Å². The highest BCUT2D eigenvalue weighted by molar-refractivity contribution is 5.87. The van der Waals surface area contributed by atoms with Gasteiger partial charge < -0.3 is 4.90 Å². The first-order valence-electron chi connectivity index (χ1n) is 4.71. The van der Waals surface area contributed by atoms with Crippen molar-refractivity contribution in [3.8, 4) is 0 Å². The molecule has 0 N–H and O–H groups in total. The molecule has 0 rings (SSSR count). The molecular formula is C11H19NO. The van der Waals surface area contributed by atoms with Crippen molar-refractivity contribution in [1.82, 2.24) is 4.90 Å². The second kappa shape index (κ2) is 7.59. The minimum Gasteiger partial charge on any atom is -0.345 e. The Labute approximate surface area is 80.9 Å². The van der Waals surface area contributed by atoms with E-state index in [9.17, 15) is 4.79 Å². The van der Waals surface area contributed by atoms with Gasteiger partial charge in [0.25, 0.3) is 0 Å². The van der Waals surface area contributed by atoms with Crippen LogP contribution in [0.1, 0.15) is 26.2 Å². The van der Waals surface area contributed by atoms with Crippen LogP contribution in [0.15, 0.2) is 24.3 Å². The summed E-state index contributed by atoms with van der Waals surface area (Å²) < 4.78 is 0. The zero-order valence-corrected chi connectivity index (χ0v) is 8.79. The van der Waals surface area contributed by atoms with Gasteiger partial charge in [0.2, 0.25) is 5.91 Å². The number of carbonyl (C=O) groups is 1. The molecule has 1 amide bonds. The molecule has 0 aromatic rings. The Kier molecular flexibility index (Phi) is 6.98. The lowest BCUT2D eigenvalue weighted by Crippen LogP contribution is -2.18. The van der Waals surface area contributed by atoms with Crippen LogP contribution in [0.4, 0.5) is 0 Å². The van der Waals surface area contributed by atoms with Gasteiger partial charge in [-0.2, -0.15) is 0 Å². The second-order valence-electron chi connectivity index (χ2n) is 3.09. The number of amides is 1. The molecule has 74 valence electrons. The van der Waals surface area contributed by atoms with Crippen molar-refractivity contribution in [3.63, 3.8) is 0 Å². The molecule has 0 aliphatic carbocycles. The standard InChI is InChI=1S/C11H19NO/c1-4-5-6-7-8-9-10-11(13)12(2)3/h5-6,9-10H,4,7-8H2,1-3H3/b6-5-,10-9+. The van der Waals surface area contributed by atoms with Crippen LogP contribution in [-0.4, -0.2) is 24.9 Å². The SMILES string of the molecule is CC/C=C\CC/C=C/C(=O)N(C)C. The van der Waals surface area contributed by atoms with Crippen LogP contribution in [0.25, 0.3) is 0 Å². The maximum Gasteiger partial charge on any atom is 0.245 e. The number of likely N-dealkylation sites (N-methyl/N-ethyl adjacent to an activating group) is 1. The summed E-state index contributed by atoms with van der Waals surface area (Å²) in [6, 6.07) is 0. The highest BCUT2D eigenvalue weighted by atomic mass is 16.2. The average Bonchev–Trinajstić information content (AvgIpc) is 2.10. The molecule has 0 atom stereocenters. The summed E-state index contributed by atoms with van der Waals surface area (Å²) in [6.07, 6.45) is 10.9. The smallest absolute Gasteiger partial charge is 0.245 e. The fourth-order valence-corrected chi connectivity index (χ4v) is 0.810. The molecule has 0 aliphatic heterocycles. The Balaban J connectivity index is 3.52. The van der Waals surface area contributed by atoms with Crippen molar-refractivity contribution in [2.45, 2.75) is 26.2 Å². The van der Waals surface area contributed by atoms with Crippen LogP contribution < -0.4 is 0 Å². The highest BCUT2D eigenvalue weighted by Gasteiger charge is 1.94. The van der Waals surface area contributed by atoms with E-state index in [-0.39, 0.29) is 5.91 Å². The molecule has 0 radical (unpaired) electrons. The number of rotatable bonds is 5. The molecule has 0 bridgehead atoms. The zero-order chi connectivity index (χ0) is 10.1. The van der Waals surface area contributed by atoms with Crippen LogP contribution in [-0.2, 0) is 4.79 Å². The van der Waals surface area contributed by atoms with E-state index in [1.807, 2.05) is 6.08 Å². The van der Waals surface area contributed by atoms with Gasteiger partial charge >= 0.3 is 0 Å². The fourth-order valence-electron chi connectivity index (χ4n) is 0.810. The van der Waals surface area contributed by atoms with Crippen molar-refractivity contribution in [2.75, 3.05) is 14.1 Å². The first kappa shape index (κ1) is 11.9. The van der Waals surface area contributed by atoms with Crippen molar-refractivity contribution in [2.24, 2.45) is 0 Å². The molecule has 0 saturated heterocycles. The Morgan fingerprint density at radius 2 is 1.77 bits per heavy atom. The van der Waals surface area contributed by atoms with Gasteiger partial charge in [-0.3, -0.25) is 4.79 Å². The Morgan fingerprint density at radius 1 is 1.15 bits per heavy atom. The molecule has 0 aliphatic rings. The maximum absolute atomic E-state index is 11.1. The summed E-state index contributed by atoms with van der Waals surface area (Å²) in [7, 11) is 3.51. The summed E-state index contributed by atoms with van der Waals surface area (Å²) in [4.78, 5) is 12.6. The van der Waals surface area contributed by atoms with Crippen molar-refractivity contribution < 1.29 is 4.79 Å². The summed E-state index contributed by atoms with van der Waals surface area (Å²) >= 11 is 0. The summed E-state index contributed by atoms with van der Waals surface area (Å²) in [5.41, 5.74) is 0. The lowest BCUT2D eigenvalue weighted by atomic mass is 10.2. The predicted octanol–water partition coefficient (Wildman–Crippen LogP) is 2.38. The van der Waals surface area contributed by atoms with Crippen LogP contribution in [0, 0.1) is 0 Å². The van der Waals surface area contributed by atoms with E-state index in [0.29, 0.717) is 0 Å². The van der Waals surface area contributed by atoms with Gasteiger partial charge in [-0.1, -0.05) is 25.2 Å². The van der Waals surface area contributed by atoms with Crippen LogP contribution in [0.2, 0.25) is 0 Å². The van der Waals surface area contributed by atoms with Gasteiger partial charge in [-0.15, -0.1) is 0 Å². The van der Waals surface area contributed by atoms with E-state index in [4.69, 9.17) is 0 Å². The quantitative estimate of drug-likeness (QED) is 0.362. The number of hydrogen-bond donors (Lipinski definition) is 0. The topological polar surface area (TPSA) is 20.3 Å². The monoisotopic (exact) mass is 181 g/mol. The van der Waals surface area contributed by atoms with Crippen LogP contribution in [0.3, 0.4) is 0 Å². The van der Waals surface area contributed by atoms with Crippen molar-refractivity contribution >= 4 is 5.91 Å². The average molecular weight is 181 g/mol. The molecule has 2 nitrogen and oxygen atoms in total. The molecule has 0 aromatic heterocycles. The van der Waals surface area contributed by atoms with E-state index in [0.717, 1.165) is 19.3 Å².